The molecule has 2 amide bonds. The monoisotopic (exact) mass is 322 g/mol. The molecule has 0 saturated carbocycles. The van der Waals surface area contributed by atoms with Gasteiger partial charge in [0.2, 0.25) is 0 Å². The van der Waals surface area contributed by atoms with Crippen LogP contribution >= 0.6 is 0 Å². The molecule has 2 rings (SSSR count). The number of aliphatic carboxylic acids is 1. The van der Waals surface area contributed by atoms with Gasteiger partial charge in [0, 0.05) is 6.54 Å². The van der Waals surface area contributed by atoms with E-state index in [0.29, 0.717) is 0 Å². The van der Waals surface area contributed by atoms with E-state index in [0.717, 1.165) is 0 Å². The molecule has 2 aliphatic heterocycles. The standard InChI is InChI=1S/C11H18N2O7S/c14-8-4-12(5-9(8)15)11(18)13-1-2-21(19,20)6-7(13)3-10(16)17/h7-9,14-15H,1-6H2,(H,16,17). The van der Waals surface area contributed by atoms with Gasteiger partial charge in [-0.3, -0.25) is 4.79 Å². The first kappa shape index (κ1) is 16.0. The third-order valence-corrected chi connectivity index (χ3v) is 5.41. The Morgan fingerprint density at radius 1 is 1.14 bits per heavy atom. The second kappa shape index (κ2) is 5.78. The van der Waals surface area contributed by atoms with Crippen LogP contribution in [0.4, 0.5) is 4.79 Å². The molecule has 120 valence electrons. The number of β-amino-alcohol motifs (C(OH)–C–C–N with tert-alkyl or cyclic N) is 2. The summed E-state index contributed by atoms with van der Waals surface area (Å²) in [6, 6.07) is -1.48. The quantitative estimate of drug-likeness (QED) is 0.521. The Labute approximate surface area is 121 Å². The van der Waals surface area contributed by atoms with E-state index >= 15 is 0 Å². The lowest BCUT2D eigenvalue weighted by atomic mass is 10.2. The highest BCUT2D eigenvalue weighted by Crippen LogP contribution is 2.20. The normalized spacial score (nSPS) is 32.2. The molecule has 2 fully saturated rings. The van der Waals surface area contributed by atoms with E-state index in [2.05, 4.69) is 0 Å². The second-order valence-corrected chi connectivity index (χ2v) is 7.61. The van der Waals surface area contributed by atoms with E-state index in [1.807, 2.05) is 0 Å². The third-order valence-electron chi connectivity index (χ3n) is 3.72. The number of aliphatic hydroxyl groups is 2. The maximum Gasteiger partial charge on any atom is 0.320 e. The fourth-order valence-corrected chi connectivity index (χ4v) is 4.14. The Morgan fingerprint density at radius 2 is 1.71 bits per heavy atom. The van der Waals surface area contributed by atoms with Crippen LogP contribution in [0.5, 0.6) is 0 Å². The lowest BCUT2D eigenvalue weighted by Gasteiger charge is -2.37. The van der Waals surface area contributed by atoms with Gasteiger partial charge in [0.05, 0.1) is 49.3 Å². The van der Waals surface area contributed by atoms with E-state index in [9.17, 15) is 28.2 Å². The van der Waals surface area contributed by atoms with Crippen LogP contribution in [0.1, 0.15) is 6.42 Å². The van der Waals surface area contributed by atoms with Gasteiger partial charge in [-0.15, -0.1) is 0 Å². The largest absolute Gasteiger partial charge is 0.481 e. The predicted octanol–water partition coefficient (Wildman–Crippen LogP) is -2.28. The number of urea groups is 1. The van der Waals surface area contributed by atoms with E-state index in [-0.39, 0.29) is 31.1 Å². The average Bonchev–Trinajstić information content (AvgIpc) is 2.67. The van der Waals surface area contributed by atoms with Crippen LogP contribution in [0.3, 0.4) is 0 Å². The van der Waals surface area contributed by atoms with Gasteiger partial charge >= 0.3 is 12.0 Å². The molecule has 2 aliphatic rings. The number of carbonyl (C=O) groups excluding carboxylic acids is 1. The van der Waals surface area contributed by atoms with Crippen LogP contribution < -0.4 is 0 Å². The van der Waals surface area contributed by atoms with Crippen LogP contribution in [-0.2, 0) is 14.6 Å². The molecule has 3 atom stereocenters. The van der Waals surface area contributed by atoms with Crippen molar-refractivity contribution in [1.29, 1.82) is 0 Å². The topological polar surface area (TPSA) is 135 Å². The Balaban J connectivity index is 2.12. The van der Waals surface area contributed by atoms with Crippen molar-refractivity contribution in [3.8, 4) is 0 Å². The molecule has 3 N–H and O–H groups in total. The first-order valence-corrected chi connectivity index (χ1v) is 8.35. The number of aliphatic hydroxyl groups excluding tert-OH is 2. The summed E-state index contributed by atoms with van der Waals surface area (Å²) < 4.78 is 23.2. The first-order chi connectivity index (χ1) is 9.69. The first-order valence-electron chi connectivity index (χ1n) is 6.53. The van der Waals surface area contributed by atoms with Crippen molar-refractivity contribution in [3.05, 3.63) is 0 Å². The summed E-state index contributed by atoms with van der Waals surface area (Å²) in [5.41, 5.74) is 0. The number of likely N-dealkylation sites (tertiary alicyclic amines) is 1. The zero-order chi connectivity index (χ0) is 15.8. The SMILES string of the molecule is O=C(O)CC1CS(=O)(=O)CCN1C(=O)N1CC(O)C(O)C1. The molecular weight excluding hydrogens is 304 g/mol. The van der Waals surface area contributed by atoms with Crippen molar-refractivity contribution in [2.45, 2.75) is 24.7 Å². The fourth-order valence-electron chi connectivity index (χ4n) is 2.62. The number of amides is 2. The zero-order valence-electron chi connectivity index (χ0n) is 11.3. The van der Waals surface area contributed by atoms with Crippen LogP contribution in [-0.4, -0.2) is 94.9 Å². The predicted molar refractivity (Wildman–Crippen MR) is 70.4 cm³/mol. The summed E-state index contributed by atoms with van der Waals surface area (Å²) in [5.74, 6) is -1.78. The highest BCUT2D eigenvalue weighted by atomic mass is 32.2. The summed E-state index contributed by atoms with van der Waals surface area (Å²) >= 11 is 0. The molecule has 0 radical (unpaired) electrons. The number of hydrogen-bond acceptors (Lipinski definition) is 6. The van der Waals surface area contributed by atoms with Crippen molar-refractivity contribution in [2.75, 3.05) is 31.1 Å². The number of carboxylic acids is 1. The minimum absolute atomic E-state index is 0.0525. The zero-order valence-corrected chi connectivity index (χ0v) is 12.1. The molecule has 0 spiro atoms. The lowest BCUT2D eigenvalue weighted by molar-refractivity contribution is -0.138. The van der Waals surface area contributed by atoms with Crippen molar-refractivity contribution in [1.82, 2.24) is 9.80 Å². The number of carboxylic acid groups (broad SMARTS) is 1. The van der Waals surface area contributed by atoms with Crippen LogP contribution in [0, 0.1) is 0 Å². The third kappa shape index (κ3) is 3.63. The van der Waals surface area contributed by atoms with Crippen molar-refractivity contribution in [2.24, 2.45) is 0 Å². The molecule has 0 aliphatic carbocycles. The molecule has 2 saturated heterocycles. The summed E-state index contributed by atoms with van der Waals surface area (Å²) in [4.78, 5) is 25.6. The van der Waals surface area contributed by atoms with Crippen LogP contribution in [0.25, 0.3) is 0 Å². The van der Waals surface area contributed by atoms with Crippen LogP contribution in [0.15, 0.2) is 0 Å². The van der Waals surface area contributed by atoms with E-state index in [1.165, 1.54) is 9.80 Å². The van der Waals surface area contributed by atoms with Gasteiger partial charge in [0.15, 0.2) is 9.84 Å². The van der Waals surface area contributed by atoms with E-state index < -0.39 is 46.5 Å². The van der Waals surface area contributed by atoms with E-state index in [4.69, 9.17) is 5.11 Å². The smallest absolute Gasteiger partial charge is 0.320 e. The van der Waals surface area contributed by atoms with Crippen molar-refractivity contribution in [3.63, 3.8) is 0 Å². The minimum Gasteiger partial charge on any atom is -0.481 e. The van der Waals surface area contributed by atoms with Gasteiger partial charge in [0.25, 0.3) is 0 Å². The molecule has 21 heavy (non-hydrogen) atoms. The molecule has 3 unspecified atom stereocenters. The van der Waals surface area contributed by atoms with Gasteiger partial charge in [0.1, 0.15) is 0 Å². The van der Waals surface area contributed by atoms with Gasteiger partial charge in [-0.25, -0.2) is 13.2 Å². The fraction of sp³-hybridized carbons (Fsp3) is 0.818. The van der Waals surface area contributed by atoms with Gasteiger partial charge in [-0.2, -0.15) is 0 Å². The Kier molecular flexibility index (Phi) is 4.40. The second-order valence-electron chi connectivity index (χ2n) is 5.38. The van der Waals surface area contributed by atoms with E-state index in [1.54, 1.807) is 0 Å². The highest BCUT2D eigenvalue weighted by molar-refractivity contribution is 7.91. The number of carbonyl (C=O) groups is 2. The van der Waals surface area contributed by atoms with Crippen molar-refractivity contribution >= 4 is 21.8 Å². The number of nitrogens with zero attached hydrogens (tertiary/aromatic N) is 2. The molecule has 0 bridgehead atoms. The van der Waals surface area contributed by atoms with Crippen molar-refractivity contribution < 1.29 is 33.3 Å². The molecule has 10 heteroatoms. The summed E-state index contributed by atoms with van der Waals surface area (Å²) in [6.45, 7) is -0.187. The number of sulfone groups is 1. The number of hydrogen-bond donors (Lipinski definition) is 3. The summed E-state index contributed by atoms with van der Waals surface area (Å²) in [7, 11) is -3.36. The molecule has 0 aromatic rings. The lowest BCUT2D eigenvalue weighted by Crippen LogP contribution is -2.55. The Hall–Kier alpha value is -1.39. The average molecular weight is 322 g/mol. The minimum atomic E-state index is -3.36. The Morgan fingerprint density at radius 3 is 2.24 bits per heavy atom. The molecule has 0 aromatic carbocycles. The molecule has 2 heterocycles. The summed E-state index contributed by atoms with van der Waals surface area (Å²) in [6.07, 6.45) is -2.54. The van der Waals surface area contributed by atoms with Gasteiger partial charge in [-0.1, -0.05) is 0 Å². The van der Waals surface area contributed by atoms with Gasteiger partial charge in [-0.05, 0) is 0 Å². The number of rotatable bonds is 2. The van der Waals surface area contributed by atoms with Crippen LogP contribution in [0.2, 0.25) is 0 Å². The maximum absolute atomic E-state index is 12.3. The Bertz CT molecular complexity index is 525. The molecule has 9 nitrogen and oxygen atoms in total. The highest BCUT2D eigenvalue weighted by Gasteiger charge is 2.40. The van der Waals surface area contributed by atoms with Gasteiger partial charge < -0.3 is 25.1 Å². The molecule has 0 aromatic heterocycles. The summed E-state index contributed by atoms with van der Waals surface area (Å²) in [5, 5.41) is 27.8. The molecular formula is C11H18N2O7S. The maximum atomic E-state index is 12.3.